The Bertz CT molecular complexity index is 901. The highest BCUT2D eigenvalue weighted by molar-refractivity contribution is 6.30. The molecule has 1 aromatic carbocycles. The van der Waals surface area contributed by atoms with Gasteiger partial charge in [0.05, 0.1) is 0 Å². The molecule has 1 aliphatic carbocycles. The number of rotatable bonds is 6. The number of hydrogen-bond acceptors (Lipinski definition) is 8. The zero-order valence-corrected chi connectivity index (χ0v) is 19.4. The number of nitrogens with zero attached hydrogens (tertiary/aromatic N) is 4. The predicted molar refractivity (Wildman–Crippen MR) is 129 cm³/mol. The summed E-state index contributed by atoms with van der Waals surface area (Å²) in [4.78, 5) is 9.80. The van der Waals surface area contributed by atoms with Crippen LogP contribution in [0.5, 0.6) is 0 Å². The van der Waals surface area contributed by atoms with Crippen LogP contribution in [0, 0.1) is 0 Å². The molecular weight excluding hydrogens is 412 g/mol. The number of fused-ring (bicyclic) bond motifs is 1. The normalized spacial score (nSPS) is 21.0. The van der Waals surface area contributed by atoms with E-state index in [4.69, 9.17) is 27.3 Å². The van der Waals surface area contributed by atoms with E-state index in [9.17, 15) is 0 Å². The van der Waals surface area contributed by atoms with Crippen LogP contribution in [-0.4, -0.2) is 34.1 Å². The molecule has 0 amide bonds. The topological polar surface area (TPSA) is 94.4 Å². The van der Waals surface area contributed by atoms with E-state index in [1.807, 2.05) is 24.3 Å². The van der Waals surface area contributed by atoms with Gasteiger partial charge in [0.2, 0.25) is 5.95 Å². The van der Waals surface area contributed by atoms with E-state index in [0.29, 0.717) is 11.0 Å². The van der Waals surface area contributed by atoms with E-state index in [1.54, 1.807) is 0 Å². The summed E-state index contributed by atoms with van der Waals surface area (Å²) in [7, 11) is 0. The number of hydrogen-bond donors (Lipinski definition) is 4. The predicted octanol–water partition coefficient (Wildman–Crippen LogP) is 4.42. The van der Waals surface area contributed by atoms with E-state index in [-0.39, 0.29) is 24.2 Å². The Morgan fingerprint density at radius 2 is 1.71 bits per heavy atom. The average Bonchev–Trinajstić information content (AvgIpc) is 3.12. The van der Waals surface area contributed by atoms with Crippen molar-refractivity contribution in [2.24, 2.45) is 5.73 Å². The van der Waals surface area contributed by atoms with Gasteiger partial charge in [-0.2, -0.15) is 9.97 Å². The molecule has 4 rings (SSSR count). The lowest BCUT2D eigenvalue weighted by Crippen LogP contribution is -2.50. The minimum Gasteiger partial charge on any atom is -0.350 e. The maximum Gasteiger partial charge on any atom is 0.227 e. The number of halogens is 1. The number of nitrogens with two attached hydrogens (primary N) is 1. The summed E-state index contributed by atoms with van der Waals surface area (Å²) < 4.78 is 0. The minimum absolute atomic E-state index is 0.116. The number of aromatic nitrogens is 2. The van der Waals surface area contributed by atoms with E-state index in [2.05, 4.69) is 53.9 Å². The number of hydrazine groups is 2. The summed E-state index contributed by atoms with van der Waals surface area (Å²) in [6, 6.07) is 8.34. The van der Waals surface area contributed by atoms with Crippen LogP contribution < -0.4 is 31.9 Å². The molecule has 31 heavy (non-hydrogen) atoms. The van der Waals surface area contributed by atoms with Crippen LogP contribution in [0.2, 0.25) is 5.02 Å². The summed E-state index contributed by atoms with van der Waals surface area (Å²) in [5.74, 6) is 2.18. The first-order chi connectivity index (χ1) is 14.8. The molecule has 9 heteroatoms. The van der Waals surface area contributed by atoms with Gasteiger partial charge in [-0.1, -0.05) is 24.4 Å². The van der Waals surface area contributed by atoms with Gasteiger partial charge in [-0.05, 0) is 64.8 Å². The lowest BCUT2D eigenvalue weighted by molar-refractivity contribution is 0.402. The molecule has 2 unspecified atom stereocenters. The van der Waals surface area contributed by atoms with E-state index in [1.165, 1.54) is 12.8 Å². The standard InChI is InChI=1S/C22H33ClN8/c1-13(2)30-19-20(25-16-11-9-15(23)10-12-16)27-22(26-18-8-6-5-7-17(18)24)28-21(19)31(29-30)14(3)4/h9-14,17-18,29H,5-8,24H2,1-4H3,(H2,25,26,27,28). The van der Waals surface area contributed by atoms with Gasteiger partial charge >= 0.3 is 0 Å². The smallest absolute Gasteiger partial charge is 0.227 e. The highest BCUT2D eigenvalue weighted by Gasteiger charge is 2.35. The fourth-order valence-electron chi connectivity index (χ4n) is 4.11. The molecule has 2 atom stereocenters. The summed E-state index contributed by atoms with van der Waals surface area (Å²) in [5.41, 5.74) is 11.7. The van der Waals surface area contributed by atoms with E-state index < -0.39 is 0 Å². The Hall–Kier alpha value is -2.29. The third-order valence-electron chi connectivity index (χ3n) is 5.82. The van der Waals surface area contributed by atoms with Crippen LogP contribution >= 0.6 is 11.6 Å². The van der Waals surface area contributed by atoms with Gasteiger partial charge in [0.1, 0.15) is 5.69 Å². The molecule has 5 N–H and O–H groups in total. The van der Waals surface area contributed by atoms with Crippen molar-refractivity contribution < 1.29 is 0 Å². The van der Waals surface area contributed by atoms with E-state index >= 15 is 0 Å². The molecule has 1 fully saturated rings. The van der Waals surface area contributed by atoms with Crippen molar-refractivity contribution in [3.8, 4) is 0 Å². The first kappa shape index (κ1) is 21.9. The van der Waals surface area contributed by atoms with Crippen LogP contribution in [0.15, 0.2) is 24.3 Å². The minimum atomic E-state index is 0.116. The Balaban J connectivity index is 1.75. The van der Waals surface area contributed by atoms with Gasteiger partial charge in [0, 0.05) is 34.9 Å². The summed E-state index contributed by atoms with van der Waals surface area (Å²) >= 11 is 6.07. The summed E-state index contributed by atoms with van der Waals surface area (Å²) in [5, 5.41) is 11.9. The maximum atomic E-state index is 6.38. The average molecular weight is 445 g/mol. The molecule has 1 saturated carbocycles. The quantitative estimate of drug-likeness (QED) is 0.520. The number of benzene rings is 1. The second-order valence-electron chi connectivity index (χ2n) is 8.93. The fourth-order valence-corrected chi connectivity index (χ4v) is 4.23. The third-order valence-corrected chi connectivity index (χ3v) is 6.08. The number of nitrogens with one attached hydrogen (secondary N) is 3. The lowest BCUT2D eigenvalue weighted by atomic mass is 9.91. The van der Waals surface area contributed by atoms with Crippen molar-refractivity contribution in [3.63, 3.8) is 0 Å². The molecule has 0 saturated heterocycles. The second kappa shape index (κ2) is 9.06. The van der Waals surface area contributed by atoms with Gasteiger partial charge in [-0.15, -0.1) is 5.53 Å². The van der Waals surface area contributed by atoms with Crippen LogP contribution in [0.3, 0.4) is 0 Å². The van der Waals surface area contributed by atoms with Gasteiger partial charge in [0.15, 0.2) is 11.6 Å². The van der Waals surface area contributed by atoms with Crippen molar-refractivity contribution in [1.29, 1.82) is 0 Å². The third kappa shape index (κ3) is 4.66. The lowest BCUT2D eigenvalue weighted by Gasteiger charge is -2.29. The number of anilines is 5. The monoisotopic (exact) mass is 444 g/mol. The Labute approximate surface area is 189 Å². The highest BCUT2D eigenvalue weighted by Crippen LogP contribution is 2.41. The van der Waals surface area contributed by atoms with Crippen LogP contribution in [0.1, 0.15) is 53.4 Å². The van der Waals surface area contributed by atoms with Crippen molar-refractivity contribution in [2.45, 2.75) is 77.5 Å². The Morgan fingerprint density at radius 3 is 2.35 bits per heavy atom. The van der Waals surface area contributed by atoms with Crippen LogP contribution in [-0.2, 0) is 0 Å². The zero-order chi connectivity index (χ0) is 22.1. The van der Waals surface area contributed by atoms with Crippen LogP contribution in [0.25, 0.3) is 0 Å². The molecule has 2 aromatic rings. The van der Waals surface area contributed by atoms with Gasteiger partial charge < -0.3 is 16.4 Å². The first-order valence-corrected chi connectivity index (χ1v) is 11.5. The molecule has 2 heterocycles. The van der Waals surface area contributed by atoms with Crippen molar-refractivity contribution in [3.05, 3.63) is 29.3 Å². The maximum absolute atomic E-state index is 6.38. The van der Waals surface area contributed by atoms with Crippen LogP contribution in [0.4, 0.5) is 29.0 Å². The Morgan fingerprint density at radius 1 is 1.03 bits per heavy atom. The largest absolute Gasteiger partial charge is 0.350 e. The molecule has 0 bridgehead atoms. The SMILES string of the molecule is CC(C)N1NN(C(C)C)c2c(Nc3ccc(Cl)cc3)nc(NC3CCCCC3N)nc21. The van der Waals surface area contributed by atoms with E-state index in [0.717, 1.165) is 35.9 Å². The van der Waals surface area contributed by atoms with Gasteiger partial charge in [-0.25, -0.2) is 0 Å². The fraction of sp³-hybridized carbons (Fsp3) is 0.545. The molecule has 0 radical (unpaired) electrons. The Kier molecular flexibility index (Phi) is 6.41. The van der Waals surface area contributed by atoms with Gasteiger partial charge in [-0.3, -0.25) is 10.0 Å². The van der Waals surface area contributed by atoms with Crippen molar-refractivity contribution in [1.82, 2.24) is 15.5 Å². The summed E-state index contributed by atoms with van der Waals surface area (Å²) in [6.07, 6.45) is 4.42. The molecular formula is C22H33ClN8. The summed E-state index contributed by atoms with van der Waals surface area (Å²) in [6.45, 7) is 8.55. The second-order valence-corrected chi connectivity index (χ2v) is 9.36. The highest BCUT2D eigenvalue weighted by atomic mass is 35.5. The molecule has 1 aromatic heterocycles. The molecule has 8 nitrogen and oxygen atoms in total. The molecule has 1 aliphatic heterocycles. The van der Waals surface area contributed by atoms with Crippen molar-refractivity contribution >= 4 is 40.6 Å². The first-order valence-electron chi connectivity index (χ1n) is 11.1. The molecule has 2 aliphatic rings. The zero-order valence-electron chi connectivity index (χ0n) is 18.7. The molecule has 168 valence electrons. The van der Waals surface area contributed by atoms with Crippen molar-refractivity contribution in [2.75, 3.05) is 20.7 Å². The molecule has 0 spiro atoms. The van der Waals surface area contributed by atoms with Gasteiger partial charge in [0.25, 0.3) is 0 Å².